The summed E-state index contributed by atoms with van der Waals surface area (Å²) in [5, 5.41) is 0. The molecular weight excluding hydrogens is 1250 g/mol. The molecule has 0 aromatic heterocycles. The average molecular weight is 1430 g/mol. The third-order valence-corrected chi connectivity index (χ3v) is 38.8. The molecule has 0 radical (unpaired) electrons. The molecule has 0 saturated carbocycles. The fraction of sp³-hybridized carbons (Fsp3) is 1.00. The average Bonchev–Trinajstić information content (AvgIpc) is 0.805. The van der Waals surface area contributed by atoms with Gasteiger partial charge in [0, 0.05) is 0 Å². The second kappa shape index (κ2) is 69.4. The van der Waals surface area contributed by atoms with E-state index in [1.807, 2.05) is 0 Å². The van der Waals surface area contributed by atoms with Crippen LogP contribution in [-0.2, 0) is 63.2 Å². The summed E-state index contributed by atoms with van der Waals surface area (Å²) < 4.78 is 47.9. The second-order valence-corrected chi connectivity index (χ2v) is 43.2. The van der Waals surface area contributed by atoms with E-state index in [-0.39, 0.29) is 0 Å². The van der Waals surface area contributed by atoms with Crippen molar-refractivity contribution in [3.63, 3.8) is 0 Å². The van der Waals surface area contributed by atoms with Crippen molar-refractivity contribution < 1.29 is 63.2 Å². The van der Waals surface area contributed by atoms with Crippen molar-refractivity contribution in [2.24, 2.45) is 5.92 Å². The van der Waals surface area contributed by atoms with Crippen LogP contribution in [0.3, 0.4) is 0 Å². The van der Waals surface area contributed by atoms with E-state index in [0.717, 1.165) is 19.8 Å². The first-order chi connectivity index (χ1) is 45.3. The van der Waals surface area contributed by atoms with Crippen molar-refractivity contribution in [3.8, 4) is 0 Å². The van der Waals surface area contributed by atoms with Crippen LogP contribution >= 0.6 is 0 Å². The van der Waals surface area contributed by atoms with Crippen LogP contribution in [0.1, 0.15) is 371 Å². The predicted molar refractivity (Wildman–Crippen MR) is 407 cm³/mol. The van der Waals surface area contributed by atoms with Gasteiger partial charge in [-0.3, -0.25) is 0 Å². The van der Waals surface area contributed by atoms with Crippen LogP contribution in [0.2, 0.25) is 0 Å². The summed E-state index contributed by atoms with van der Waals surface area (Å²) in [5.74, 6) is 0.699. The number of unbranched alkanes of at least 4 members (excludes halogenated alkanes) is 11. The van der Waals surface area contributed by atoms with Crippen LogP contribution in [0.25, 0.3) is 0 Å². The Labute approximate surface area is 603 Å². The van der Waals surface area contributed by atoms with Crippen LogP contribution < -0.4 is 0 Å². The molecule has 93 heavy (non-hydrogen) atoms. The van der Waals surface area contributed by atoms with Gasteiger partial charge >= 0.3 is 608 Å². The molecular formula is C78H177N9O3Ti3. The van der Waals surface area contributed by atoms with Crippen molar-refractivity contribution in [1.82, 2.24) is 30.4 Å². The monoisotopic (exact) mass is 1430 g/mol. The fourth-order valence-corrected chi connectivity index (χ4v) is 39.1. The van der Waals surface area contributed by atoms with Crippen LogP contribution in [0.5, 0.6) is 0 Å². The molecule has 0 saturated heterocycles. The second-order valence-electron chi connectivity index (χ2n) is 27.6. The zero-order chi connectivity index (χ0) is 70.3. The van der Waals surface area contributed by atoms with Crippen molar-refractivity contribution in [2.45, 2.75) is 371 Å². The van der Waals surface area contributed by atoms with Gasteiger partial charge in [0.2, 0.25) is 0 Å². The number of hydrogen-bond acceptors (Lipinski definition) is 12. The van der Waals surface area contributed by atoms with Crippen LogP contribution in [0.4, 0.5) is 0 Å². The molecule has 564 valence electrons. The van der Waals surface area contributed by atoms with E-state index >= 15 is 0 Å². The van der Waals surface area contributed by atoms with Crippen LogP contribution in [-0.4, -0.2) is 168 Å². The van der Waals surface area contributed by atoms with Gasteiger partial charge in [-0.1, -0.05) is 0 Å². The quantitative estimate of drug-likeness (QED) is 0.0431. The molecule has 1 unspecified atom stereocenters. The normalized spacial score (nSPS) is 12.9. The van der Waals surface area contributed by atoms with Crippen molar-refractivity contribution >= 4 is 0 Å². The Kier molecular flexibility index (Phi) is 73.7. The Morgan fingerprint density at radius 1 is 0.194 bits per heavy atom. The topological polar surface area (TPSA) is 56.9 Å². The molecule has 0 N–H and O–H groups in total. The Balaban J connectivity index is -0.00000131. The van der Waals surface area contributed by atoms with Gasteiger partial charge in [-0.05, 0) is 0 Å². The van der Waals surface area contributed by atoms with E-state index in [4.69, 9.17) is 9.96 Å². The zero-order valence-corrected chi connectivity index (χ0v) is 72.9. The molecule has 0 bridgehead atoms. The molecule has 0 aliphatic rings. The van der Waals surface area contributed by atoms with Crippen LogP contribution in [0, 0.1) is 5.92 Å². The minimum atomic E-state index is -3.13. The Bertz CT molecular complexity index is 1320. The number of rotatable bonds is 68. The minimum absolute atomic E-state index is 0.699. The Morgan fingerprint density at radius 3 is 0.548 bits per heavy atom. The van der Waals surface area contributed by atoms with Crippen LogP contribution in [0.15, 0.2) is 0 Å². The van der Waals surface area contributed by atoms with E-state index in [2.05, 4.69) is 183 Å². The molecule has 0 fully saturated rings. The molecule has 15 heteroatoms. The third kappa shape index (κ3) is 39.2. The summed E-state index contributed by atoms with van der Waals surface area (Å²) in [4.78, 5) is 0. The fourth-order valence-electron chi connectivity index (χ4n) is 14.4. The van der Waals surface area contributed by atoms with E-state index in [1.165, 1.54) is 336 Å². The van der Waals surface area contributed by atoms with Crippen molar-refractivity contribution in [3.05, 3.63) is 0 Å². The first-order valence-corrected chi connectivity index (χ1v) is 50.2. The summed E-state index contributed by atoms with van der Waals surface area (Å²) in [7, 11) is 0. The summed E-state index contributed by atoms with van der Waals surface area (Å²) in [6, 6.07) is 0. The molecule has 1 atom stereocenters. The summed E-state index contributed by atoms with van der Waals surface area (Å²) in [6.45, 7) is 75.5. The van der Waals surface area contributed by atoms with E-state index < -0.39 is 53.2 Å². The van der Waals surface area contributed by atoms with Gasteiger partial charge in [0.15, 0.2) is 0 Å². The molecule has 0 spiro atoms. The van der Waals surface area contributed by atoms with Gasteiger partial charge in [0.05, 0.1) is 0 Å². The molecule has 0 rings (SSSR count). The molecule has 0 aromatic rings. The first kappa shape index (κ1) is 98.8. The summed E-state index contributed by atoms with van der Waals surface area (Å²) in [5.41, 5.74) is 0. The maximum absolute atomic E-state index is 7.45. The SMILES string of the molecule is CCCCC(CC)C[O][Ti]([N](CCC)CCC)([N](CCC)CCC)[N](CCC)CCC.CCCCCCCCCC[O][Ti]([N](CCC)CCC)([N](CCC)CCC)[N](CCC)CCC.CCCCCC[O][Ti]([N](CCC)CCC)([N](CCC)CCC)[N](CCC)CCC. The third-order valence-electron chi connectivity index (χ3n) is 18.2. The summed E-state index contributed by atoms with van der Waals surface area (Å²) >= 11 is -9.29. The van der Waals surface area contributed by atoms with Gasteiger partial charge in [-0.2, -0.15) is 0 Å². The van der Waals surface area contributed by atoms with Gasteiger partial charge in [-0.15, -0.1) is 0 Å². The van der Waals surface area contributed by atoms with Gasteiger partial charge in [-0.25, -0.2) is 0 Å². The van der Waals surface area contributed by atoms with Gasteiger partial charge < -0.3 is 0 Å². The Morgan fingerprint density at radius 2 is 0.366 bits per heavy atom. The molecule has 0 aliphatic heterocycles. The maximum atomic E-state index is 7.45. The molecule has 0 aliphatic carbocycles. The van der Waals surface area contributed by atoms with Gasteiger partial charge in [0.25, 0.3) is 0 Å². The van der Waals surface area contributed by atoms with E-state index in [9.17, 15) is 0 Å². The summed E-state index contributed by atoms with van der Waals surface area (Å²) in [6.07, 6.45) is 43.0. The van der Waals surface area contributed by atoms with Crippen molar-refractivity contribution in [2.75, 3.05) is 138 Å². The molecule has 12 nitrogen and oxygen atoms in total. The molecule has 0 heterocycles. The van der Waals surface area contributed by atoms with E-state index in [1.54, 1.807) is 0 Å². The van der Waals surface area contributed by atoms with E-state index in [0.29, 0.717) is 5.92 Å². The Hall–Kier alpha value is 1.66. The zero-order valence-electron chi connectivity index (χ0n) is 68.2. The van der Waals surface area contributed by atoms with Gasteiger partial charge in [0.1, 0.15) is 0 Å². The van der Waals surface area contributed by atoms with Crippen molar-refractivity contribution in [1.29, 1.82) is 0 Å². The first-order valence-electron chi connectivity index (χ1n) is 42.0. The molecule has 0 aromatic carbocycles. The number of nitrogens with zero attached hydrogens (tertiary/aromatic N) is 9. The number of hydrogen-bond donors (Lipinski definition) is 0. The predicted octanol–water partition coefficient (Wildman–Crippen LogP) is 22.5. The standard InChI is InChI=1S/C10H21O.C8H17O.9C6H14N.C6H13O.3Ti/c1-2-3-4-5-6-7-8-9-10-11;1-3-5-6-8(4-2)7-9;9*1-3-5-7-6-4-2;1-2-3-4-5-6-7;;;/h2-10H2,1H3;8H,3-7H2,1-2H3;9*3-6H2,1-2H3;2-6H2,1H3;;;/q12*-1;3*+4. The molecule has 0 amide bonds.